The van der Waals surface area contributed by atoms with E-state index in [0.717, 1.165) is 35.1 Å². The molecular formula is C25H23NO7. The van der Waals surface area contributed by atoms with Gasteiger partial charge in [0.15, 0.2) is 18.1 Å². The van der Waals surface area contributed by atoms with Gasteiger partial charge in [-0.15, -0.1) is 0 Å². The third-order valence-corrected chi connectivity index (χ3v) is 6.35. The Labute approximate surface area is 189 Å². The summed E-state index contributed by atoms with van der Waals surface area (Å²) in [5, 5.41) is 0.708. The molecule has 2 N–H and O–H groups in total. The fraction of sp³-hybridized carbons (Fsp3) is 0.320. The van der Waals surface area contributed by atoms with E-state index in [1.807, 2.05) is 19.1 Å². The molecule has 33 heavy (non-hydrogen) atoms. The Hall–Kier alpha value is -3.81. The quantitative estimate of drug-likeness (QED) is 0.361. The molecule has 3 aromatic rings. The Balaban J connectivity index is 1.70. The van der Waals surface area contributed by atoms with Gasteiger partial charge in [-0.3, -0.25) is 9.59 Å². The molecule has 0 radical (unpaired) electrons. The molecule has 0 saturated carbocycles. The Bertz CT molecular complexity index is 1370. The first-order chi connectivity index (χ1) is 15.9. The average Bonchev–Trinajstić information content (AvgIpc) is 3.27. The number of aryl methyl sites for hydroxylation is 2. The Morgan fingerprint density at radius 2 is 1.94 bits per heavy atom. The molecule has 2 aromatic carbocycles. The molecule has 1 aliphatic heterocycles. The number of carbonyl (C=O) groups excluding carboxylic acids is 2. The van der Waals surface area contributed by atoms with Crippen molar-refractivity contribution in [3.05, 3.63) is 62.5 Å². The number of hydrogen-bond acceptors (Lipinski definition) is 7. The van der Waals surface area contributed by atoms with Gasteiger partial charge in [0.2, 0.25) is 0 Å². The molecule has 0 unspecified atom stereocenters. The summed E-state index contributed by atoms with van der Waals surface area (Å²) in [4.78, 5) is 36.4. The number of carbonyl (C=O) groups is 2. The van der Waals surface area contributed by atoms with Crippen molar-refractivity contribution in [2.45, 2.75) is 38.5 Å². The van der Waals surface area contributed by atoms with Crippen molar-refractivity contribution >= 4 is 22.8 Å². The third kappa shape index (κ3) is 3.51. The number of ether oxygens (including phenoxy) is 3. The highest BCUT2D eigenvalue weighted by Crippen LogP contribution is 2.47. The number of primary amides is 1. The van der Waals surface area contributed by atoms with Crippen LogP contribution in [0.15, 0.2) is 33.5 Å². The van der Waals surface area contributed by atoms with Crippen LogP contribution >= 0.6 is 0 Å². The van der Waals surface area contributed by atoms with Gasteiger partial charge in [0.25, 0.3) is 5.91 Å². The number of rotatable bonds is 5. The molecule has 0 spiro atoms. The van der Waals surface area contributed by atoms with E-state index < -0.39 is 5.91 Å². The minimum absolute atomic E-state index is 0.139. The standard InChI is InChI=1S/C25H23NO7/c1-12-8-19-23(14-4-3-5-15(14)25(29)32-19)24-22(12)16(10-21(28)33-24)13-6-7-17(30-2)18(9-13)31-11-20(26)27/h6-9,16H,3-5,10-11H2,1-2H3,(H2,26,27)/t16-/m0/s1. The molecule has 8 nitrogen and oxygen atoms in total. The SMILES string of the molecule is COc1ccc([C@@H]2CC(=O)Oc3c2c(C)cc2oc(=O)c4c(c32)CCC4)cc1OCC(N)=O. The topological polar surface area (TPSA) is 118 Å². The van der Waals surface area contributed by atoms with Crippen molar-refractivity contribution < 1.29 is 28.2 Å². The minimum Gasteiger partial charge on any atom is -0.493 e. The van der Waals surface area contributed by atoms with Crippen LogP contribution in [0.2, 0.25) is 0 Å². The molecule has 1 aliphatic carbocycles. The fourth-order valence-corrected chi connectivity index (χ4v) is 4.96. The first-order valence-electron chi connectivity index (χ1n) is 10.8. The van der Waals surface area contributed by atoms with E-state index in [0.29, 0.717) is 40.2 Å². The highest BCUT2D eigenvalue weighted by Gasteiger charge is 2.34. The first-order valence-corrected chi connectivity index (χ1v) is 10.8. The van der Waals surface area contributed by atoms with E-state index in [-0.39, 0.29) is 30.5 Å². The van der Waals surface area contributed by atoms with Gasteiger partial charge in [-0.2, -0.15) is 0 Å². The second-order valence-corrected chi connectivity index (χ2v) is 8.41. The van der Waals surface area contributed by atoms with Crippen molar-refractivity contribution in [2.75, 3.05) is 13.7 Å². The number of benzene rings is 2. The number of fused-ring (bicyclic) bond motifs is 5. The Kier molecular flexibility index (Phi) is 5.08. The lowest BCUT2D eigenvalue weighted by Gasteiger charge is -2.28. The van der Waals surface area contributed by atoms with Crippen molar-refractivity contribution in [1.29, 1.82) is 0 Å². The maximum atomic E-state index is 12.7. The number of hydrogen-bond donors (Lipinski definition) is 1. The van der Waals surface area contributed by atoms with Crippen LogP contribution in [0.3, 0.4) is 0 Å². The van der Waals surface area contributed by atoms with Crippen LogP contribution in [0, 0.1) is 6.92 Å². The van der Waals surface area contributed by atoms with Crippen LogP contribution in [0.25, 0.3) is 11.0 Å². The van der Waals surface area contributed by atoms with Gasteiger partial charge in [0, 0.05) is 17.0 Å². The maximum Gasteiger partial charge on any atom is 0.339 e. The molecule has 1 aromatic heterocycles. The number of methoxy groups -OCH3 is 1. The largest absolute Gasteiger partial charge is 0.493 e. The summed E-state index contributed by atoms with van der Waals surface area (Å²) in [6.07, 6.45) is 2.40. The van der Waals surface area contributed by atoms with E-state index in [2.05, 4.69) is 0 Å². The second-order valence-electron chi connectivity index (χ2n) is 8.41. The van der Waals surface area contributed by atoms with Crippen LogP contribution in [0.4, 0.5) is 0 Å². The molecular weight excluding hydrogens is 426 g/mol. The van der Waals surface area contributed by atoms with Gasteiger partial charge in [0.1, 0.15) is 11.3 Å². The van der Waals surface area contributed by atoms with Gasteiger partial charge in [0.05, 0.1) is 18.9 Å². The van der Waals surface area contributed by atoms with Crippen LogP contribution in [-0.2, 0) is 22.4 Å². The normalized spacial score (nSPS) is 16.8. The zero-order valence-corrected chi connectivity index (χ0v) is 18.4. The first kappa shape index (κ1) is 21.1. The summed E-state index contributed by atoms with van der Waals surface area (Å²) in [5.41, 5.74) is 9.45. The van der Waals surface area contributed by atoms with Gasteiger partial charge in [-0.25, -0.2) is 4.79 Å². The number of nitrogens with two attached hydrogens (primary N) is 1. The van der Waals surface area contributed by atoms with E-state index in [4.69, 9.17) is 24.4 Å². The van der Waals surface area contributed by atoms with Crippen molar-refractivity contribution in [3.63, 3.8) is 0 Å². The predicted octanol–water partition coefficient (Wildman–Crippen LogP) is 2.90. The number of esters is 1. The second kappa shape index (κ2) is 7.95. The van der Waals surface area contributed by atoms with Crippen LogP contribution in [0.1, 0.15) is 46.6 Å². The van der Waals surface area contributed by atoms with E-state index >= 15 is 0 Å². The molecule has 0 saturated heterocycles. The van der Waals surface area contributed by atoms with E-state index in [1.165, 1.54) is 7.11 Å². The lowest BCUT2D eigenvalue weighted by molar-refractivity contribution is -0.135. The molecule has 0 fully saturated rings. The van der Waals surface area contributed by atoms with Gasteiger partial charge in [-0.05, 0) is 61.1 Å². The predicted molar refractivity (Wildman–Crippen MR) is 119 cm³/mol. The van der Waals surface area contributed by atoms with Crippen LogP contribution in [-0.4, -0.2) is 25.6 Å². The lowest BCUT2D eigenvalue weighted by Crippen LogP contribution is -2.23. The van der Waals surface area contributed by atoms with Crippen molar-refractivity contribution in [2.24, 2.45) is 5.73 Å². The smallest absolute Gasteiger partial charge is 0.339 e. The monoisotopic (exact) mass is 449 g/mol. The number of amides is 1. The Morgan fingerprint density at radius 1 is 1.15 bits per heavy atom. The van der Waals surface area contributed by atoms with Crippen LogP contribution in [0.5, 0.6) is 17.2 Å². The highest BCUT2D eigenvalue weighted by atomic mass is 16.5. The van der Waals surface area contributed by atoms with E-state index in [1.54, 1.807) is 12.1 Å². The third-order valence-electron chi connectivity index (χ3n) is 6.35. The highest BCUT2D eigenvalue weighted by molar-refractivity contribution is 5.95. The van der Waals surface area contributed by atoms with Crippen molar-refractivity contribution in [1.82, 2.24) is 0 Å². The Morgan fingerprint density at radius 3 is 2.70 bits per heavy atom. The molecule has 1 atom stereocenters. The van der Waals surface area contributed by atoms with E-state index in [9.17, 15) is 14.4 Å². The van der Waals surface area contributed by atoms with Crippen molar-refractivity contribution in [3.8, 4) is 17.2 Å². The minimum atomic E-state index is -0.605. The zero-order chi connectivity index (χ0) is 23.3. The molecule has 1 amide bonds. The molecule has 0 bridgehead atoms. The van der Waals surface area contributed by atoms with Gasteiger partial charge < -0.3 is 24.4 Å². The summed E-state index contributed by atoms with van der Waals surface area (Å²) < 4.78 is 22.3. The molecule has 2 aliphatic rings. The molecule has 8 heteroatoms. The summed E-state index contributed by atoms with van der Waals surface area (Å²) >= 11 is 0. The maximum absolute atomic E-state index is 12.7. The lowest BCUT2D eigenvalue weighted by atomic mass is 9.82. The summed E-state index contributed by atoms with van der Waals surface area (Å²) in [7, 11) is 1.50. The van der Waals surface area contributed by atoms with Gasteiger partial charge in [-0.1, -0.05) is 6.07 Å². The molecule has 170 valence electrons. The average molecular weight is 449 g/mol. The van der Waals surface area contributed by atoms with Gasteiger partial charge >= 0.3 is 11.6 Å². The molecule has 5 rings (SSSR count). The summed E-state index contributed by atoms with van der Waals surface area (Å²) in [5.74, 6) is -0.00688. The zero-order valence-electron chi connectivity index (χ0n) is 18.4. The summed E-state index contributed by atoms with van der Waals surface area (Å²) in [6, 6.07) is 7.20. The molecule has 2 heterocycles. The summed E-state index contributed by atoms with van der Waals surface area (Å²) in [6.45, 7) is 1.61. The van der Waals surface area contributed by atoms with Crippen LogP contribution < -0.4 is 25.6 Å². The fourth-order valence-electron chi connectivity index (χ4n) is 4.96.